The zero-order valence-corrected chi connectivity index (χ0v) is 13.4. The number of aromatic carboxylic acids is 1. The lowest BCUT2D eigenvalue weighted by Crippen LogP contribution is -2.35. The van der Waals surface area contributed by atoms with Gasteiger partial charge in [-0.15, -0.1) is 0 Å². The molecule has 0 aliphatic carbocycles. The predicted octanol–water partition coefficient (Wildman–Crippen LogP) is 2.76. The third-order valence-electron chi connectivity index (χ3n) is 4.34. The van der Waals surface area contributed by atoms with Gasteiger partial charge in [0.2, 0.25) is 5.88 Å². The van der Waals surface area contributed by atoms with Crippen LogP contribution in [0.2, 0.25) is 0 Å². The largest absolute Gasteiger partial charge is 0.478 e. The van der Waals surface area contributed by atoms with E-state index in [0.717, 1.165) is 18.9 Å². The highest BCUT2D eigenvalue weighted by molar-refractivity contribution is 6.01. The Morgan fingerprint density at radius 3 is 3.17 bits per heavy atom. The normalized spacial score (nSPS) is 19.1. The molecule has 1 saturated heterocycles. The molecule has 0 amide bonds. The molecule has 0 bridgehead atoms. The first-order valence-corrected chi connectivity index (χ1v) is 8.20. The monoisotopic (exact) mass is 317 g/mol. The van der Waals surface area contributed by atoms with Crippen LogP contribution in [0.15, 0.2) is 18.3 Å². The Labute approximate surface area is 135 Å². The van der Waals surface area contributed by atoms with Crippen molar-refractivity contribution in [2.24, 2.45) is 5.92 Å². The van der Waals surface area contributed by atoms with Crippen molar-refractivity contribution in [1.82, 2.24) is 14.9 Å². The van der Waals surface area contributed by atoms with Gasteiger partial charge in [0.05, 0.1) is 12.1 Å². The van der Waals surface area contributed by atoms with Crippen LogP contribution >= 0.6 is 0 Å². The molecule has 1 unspecified atom stereocenters. The number of likely N-dealkylation sites (tertiary alicyclic amines) is 1. The SMILES string of the molecule is CC1CCCN(CCCOc2ccc3[nH]cc(C(=O)O)c3n2)C1. The van der Waals surface area contributed by atoms with Gasteiger partial charge < -0.3 is 19.7 Å². The van der Waals surface area contributed by atoms with Crippen molar-refractivity contribution in [3.8, 4) is 5.88 Å². The molecule has 2 aromatic heterocycles. The van der Waals surface area contributed by atoms with E-state index in [9.17, 15) is 4.79 Å². The topological polar surface area (TPSA) is 78.5 Å². The Morgan fingerprint density at radius 2 is 2.39 bits per heavy atom. The van der Waals surface area contributed by atoms with E-state index < -0.39 is 5.97 Å². The zero-order chi connectivity index (χ0) is 16.2. The maximum absolute atomic E-state index is 11.1. The van der Waals surface area contributed by atoms with E-state index >= 15 is 0 Å². The summed E-state index contributed by atoms with van der Waals surface area (Å²) in [7, 11) is 0. The van der Waals surface area contributed by atoms with Crippen LogP contribution in [-0.4, -0.2) is 52.2 Å². The van der Waals surface area contributed by atoms with Crippen molar-refractivity contribution in [2.75, 3.05) is 26.2 Å². The number of hydrogen-bond donors (Lipinski definition) is 2. The van der Waals surface area contributed by atoms with E-state index in [1.165, 1.54) is 32.1 Å². The van der Waals surface area contributed by atoms with Gasteiger partial charge in [0, 0.05) is 25.4 Å². The van der Waals surface area contributed by atoms with E-state index in [1.54, 1.807) is 12.1 Å². The number of ether oxygens (including phenoxy) is 1. The van der Waals surface area contributed by atoms with Crippen LogP contribution in [0.4, 0.5) is 0 Å². The number of carbonyl (C=O) groups is 1. The summed E-state index contributed by atoms with van der Waals surface area (Å²) in [6, 6.07) is 3.57. The van der Waals surface area contributed by atoms with Crippen LogP contribution in [0.5, 0.6) is 5.88 Å². The Hall–Kier alpha value is -2.08. The minimum Gasteiger partial charge on any atom is -0.478 e. The number of H-pyrrole nitrogens is 1. The fourth-order valence-electron chi connectivity index (χ4n) is 3.18. The van der Waals surface area contributed by atoms with Crippen LogP contribution in [0.1, 0.15) is 36.5 Å². The number of aromatic nitrogens is 2. The van der Waals surface area contributed by atoms with Gasteiger partial charge >= 0.3 is 5.97 Å². The molecule has 23 heavy (non-hydrogen) atoms. The van der Waals surface area contributed by atoms with Gasteiger partial charge in [0.15, 0.2) is 0 Å². The molecule has 124 valence electrons. The van der Waals surface area contributed by atoms with Gasteiger partial charge in [-0.3, -0.25) is 0 Å². The second kappa shape index (κ2) is 7.00. The lowest BCUT2D eigenvalue weighted by molar-refractivity contribution is 0.0699. The number of pyridine rings is 1. The Balaban J connectivity index is 1.53. The molecule has 6 nitrogen and oxygen atoms in total. The summed E-state index contributed by atoms with van der Waals surface area (Å²) in [6.07, 6.45) is 5.03. The second-order valence-corrected chi connectivity index (χ2v) is 6.30. The molecule has 1 fully saturated rings. The van der Waals surface area contributed by atoms with Gasteiger partial charge in [0.1, 0.15) is 11.1 Å². The first kappa shape index (κ1) is 15.8. The number of nitrogens with zero attached hydrogens (tertiary/aromatic N) is 2. The minimum atomic E-state index is -0.986. The number of fused-ring (bicyclic) bond motifs is 1. The summed E-state index contributed by atoms with van der Waals surface area (Å²) in [5, 5.41) is 9.14. The summed E-state index contributed by atoms with van der Waals surface area (Å²) in [4.78, 5) is 20.8. The van der Waals surface area contributed by atoms with E-state index in [0.29, 0.717) is 23.5 Å². The second-order valence-electron chi connectivity index (χ2n) is 6.30. The first-order valence-electron chi connectivity index (χ1n) is 8.20. The Kier molecular flexibility index (Phi) is 4.81. The molecule has 3 rings (SSSR count). The van der Waals surface area contributed by atoms with E-state index in [-0.39, 0.29) is 5.56 Å². The molecule has 0 radical (unpaired) electrons. The van der Waals surface area contributed by atoms with Crippen LogP contribution in [0.3, 0.4) is 0 Å². The average Bonchev–Trinajstić information content (AvgIpc) is 2.95. The van der Waals surface area contributed by atoms with E-state index in [2.05, 4.69) is 21.8 Å². The van der Waals surface area contributed by atoms with Gasteiger partial charge in [-0.25, -0.2) is 9.78 Å². The predicted molar refractivity (Wildman–Crippen MR) is 88.0 cm³/mol. The molecule has 2 N–H and O–H groups in total. The Morgan fingerprint density at radius 1 is 1.52 bits per heavy atom. The summed E-state index contributed by atoms with van der Waals surface area (Å²) in [6.45, 7) is 6.29. The maximum atomic E-state index is 11.1. The van der Waals surface area contributed by atoms with Gasteiger partial charge in [-0.1, -0.05) is 6.92 Å². The summed E-state index contributed by atoms with van der Waals surface area (Å²) in [5.41, 5.74) is 1.32. The minimum absolute atomic E-state index is 0.174. The standard InChI is InChI=1S/C17H23N3O3/c1-12-4-2-7-20(11-12)8-3-9-23-15-6-5-14-16(19-15)13(10-18-14)17(21)22/h5-6,10,12,18H,2-4,7-9,11H2,1H3,(H,21,22). The number of rotatable bonds is 6. The number of hydrogen-bond acceptors (Lipinski definition) is 4. The van der Waals surface area contributed by atoms with Crippen molar-refractivity contribution in [1.29, 1.82) is 0 Å². The molecular weight excluding hydrogens is 294 g/mol. The summed E-state index contributed by atoms with van der Waals surface area (Å²) in [5.74, 6) is 0.281. The molecule has 1 aliphatic heterocycles. The zero-order valence-electron chi connectivity index (χ0n) is 13.4. The molecule has 1 atom stereocenters. The molecule has 3 heterocycles. The van der Waals surface area contributed by atoms with Gasteiger partial charge in [0.25, 0.3) is 0 Å². The smallest absolute Gasteiger partial charge is 0.339 e. The maximum Gasteiger partial charge on any atom is 0.339 e. The number of carboxylic acid groups (broad SMARTS) is 1. The number of aromatic amines is 1. The Bertz CT molecular complexity index is 683. The molecular formula is C17H23N3O3. The number of piperidine rings is 1. The fraction of sp³-hybridized carbons (Fsp3) is 0.529. The molecule has 0 aromatic carbocycles. The van der Waals surface area contributed by atoms with E-state index in [1.807, 2.05) is 0 Å². The average molecular weight is 317 g/mol. The van der Waals surface area contributed by atoms with Crippen molar-refractivity contribution in [3.05, 3.63) is 23.9 Å². The molecule has 0 saturated carbocycles. The third kappa shape index (κ3) is 3.82. The van der Waals surface area contributed by atoms with E-state index in [4.69, 9.17) is 9.84 Å². The highest BCUT2D eigenvalue weighted by Gasteiger charge is 2.16. The van der Waals surface area contributed by atoms with Gasteiger partial charge in [-0.2, -0.15) is 0 Å². The number of carboxylic acids is 1. The van der Waals surface area contributed by atoms with Gasteiger partial charge in [-0.05, 0) is 37.8 Å². The summed E-state index contributed by atoms with van der Waals surface area (Å²) < 4.78 is 5.69. The lowest BCUT2D eigenvalue weighted by Gasteiger charge is -2.30. The molecule has 1 aliphatic rings. The summed E-state index contributed by atoms with van der Waals surface area (Å²) >= 11 is 0. The highest BCUT2D eigenvalue weighted by atomic mass is 16.5. The lowest BCUT2D eigenvalue weighted by atomic mass is 10.0. The van der Waals surface area contributed by atoms with Crippen molar-refractivity contribution >= 4 is 17.0 Å². The van der Waals surface area contributed by atoms with Crippen LogP contribution < -0.4 is 4.74 Å². The molecule has 6 heteroatoms. The van der Waals surface area contributed by atoms with Crippen LogP contribution in [0.25, 0.3) is 11.0 Å². The van der Waals surface area contributed by atoms with Crippen molar-refractivity contribution in [3.63, 3.8) is 0 Å². The highest BCUT2D eigenvalue weighted by Crippen LogP contribution is 2.20. The van der Waals surface area contributed by atoms with Crippen LogP contribution in [0, 0.1) is 5.92 Å². The third-order valence-corrected chi connectivity index (χ3v) is 4.34. The van der Waals surface area contributed by atoms with Crippen molar-refractivity contribution < 1.29 is 14.6 Å². The van der Waals surface area contributed by atoms with Crippen molar-refractivity contribution in [2.45, 2.75) is 26.2 Å². The fourth-order valence-corrected chi connectivity index (χ4v) is 3.18. The molecule has 2 aromatic rings. The first-order chi connectivity index (χ1) is 11.1. The van der Waals surface area contributed by atoms with Crippen LogP contribution in [-0.2, 0) is 0 Å². The number of nitrogens with one attached hydrogen (secondary N) is 1. The quantitative estimate of drug-likeness (QED) is 0.801. The molecule has 0 spiro atoms.